The summed E-state index contributed by atoms with van der Waals surface area (Å²) in [5, 5.41) is 0. The molecule has 1 aliphatic rings. The van der Waals surface area contributed by atoms with Crippen molar-refractivity contribution < 1.29 is 14.3 Å². The molecule has 1 aromatic rings. The van der Waals surface area contributed by atoms with Crippen molar-refractivity contribution in [3.05, 3.63) is 35.4 Å². The Balaban J connectivity index is 2.25. The van der Waals surface area contributed by atoms with Gasteiger partial charge in [-0.05, 0) is 33.3 Å². The van der Waals surface area contributed by atoms with Gasteiger partial charge in [0.1, 0.15) is 5.54 Å². The van der Waals surface area contributed by atoms with E-state index in [0.717, 1.165) is 5.56 Å². The fourth-order valence-corrected chi connectivity index (χ4v) is 2.99. The molecule has 0 bridgehead atoms. The Hall–Kier alpha value is -1.84. The van der Waals surface area contributed by atoms with Crippen LogP contribution in [0.1, 0.15) is 44.7 Å². The van der Waals surface area contributed by atoms with Gasteiger partial charge in [-0.1, -0.05) is 36.8 Å². The van der Waals surface area contributed by atoms with Gasteiger partial charge in [0.2, 0.25) is 5.91 Å². The van der Waals surface area contributed by atoms with Crippen LogP contribution in [0.25, 0.3) is 0 Å². The standard InChI is InChI=1S/C18H25NO3/c1-6-22-17(21)18(4,5)19-11-15(13(3)16(19)20)14-9-7-12(2)8-10-14/h7-10,13,15H,6,11H2,1-5H3/t13-,15+/m0/s1. The van der Waals surface area contributed by atoms with Crippen molar-refractivity contribution >= 4 is 11.9 Å². The van der Waals surface area contributed by atoms with Crippen molar-refractivity contribution in [2.45, 2.75) is 46.1 Å². The molecule has 4 heteroatoms. The summed E-state index contributed by atoms with van der Waals surface area (Å²) < 4.78 is 5.13. The van der Waals surface area contributed by atoms with Crippen LogP contribution in [-0.2, 0) is 14.3 Å². The second kappa shape index (κ2) is 6.11. The fraction of sp³-hybridized carbons (Fsp3) is 0.556. The smallest absolute Gasteiger partial charge is 0.331 e. The number of rotatable bonds is 4. The number of benzene rings is 1. The van der Waals surface area contributed by atoms with Gasteiger partial charge in [0.15, 0.2) is 0 Å². The van der Waals surface area contributed by atoms with Gasteiger partial charge < -0.3 is 9.64 Å². The number of carbonyl (C=O) groups is 2. The van der Waals surface area contributed by atoms with Gasteiger partial charge in [0, 0.05) is 18.4 Å². The summed E-state index contributed by atoms with van der Waals surface area (Å²) in [7, 11) is 0. The van der Waals surface area contributed by atoms with E-state index in [9.17, 15) is 9.59 Å². The van der Waals surface area contributed by atoms with Crippen molar-refractivity contribution in [1.82, 2.24) is 4.90 Å². The minimum Gasteiger partial charge on any atom is -0.464 e. The van der Waals surface area contributed by atoms with Crippen LogP contribution in [0, 0.1) is 12.8 Å². The maximum atomic E-state index is 12.6. The first-order valence-electron chi connectivity index (χ1n) is 7.84. The Morgan fingerprint density at radius 1 is 1.32 bits per heavy atom. The van der Waals surface area contributed by atoms with Crippen LogP contribution >= 0.6 is 0 Å². The van der Waals surface area contributed by atoms with Gasteiger partial charge >= 0.3 is 5.97 Å². The molecule has 22 heavy (non-hydrogen) atoms. The number of hydrogen-bond acceptors (Lipinski definition) is 3. The molecule has 1 heterocycles. The molecule has 120 valence electrons. The Labute approximate surface area is 132 Å². The summed E-state index contributed by atoms with van der Waals surface area (Å²) in [6.07, 6.45) is 0. The van der Waals surface area contributed by atoms with Gasteiger partial charge in [-0.25, -0.2) is 4.79 Å². The van der Waals surface area contributed by atoms with Gasteiger partial charge in [0.25, 0.3) is 0 Å². The highest BCUT2D eigenvalue weighted by atomic mass is 16.5. The fourth-order valence-electron chi connectivity index (χ4n) is 2.99. The summed E-state index contributed by atoms with van der Waals surface area (Å²) in [6, 6.07) is 8.27. The van der Waals surface area contributed by atoms with E-state index in [2.05, 4.69) is 24.3 Å². The van der Waals surface area contributed by atoms with Gasteiger partial charge in [0.05, 0.1) is 6.61 Å². The van der Waals surface area contributed by atoms with E-state index in [4.69, 9.17) is 4.74 Å². The van der Waals surface area contributed by atoms with Crippen molar-refractivity contribution in [1.29, 1.82) is 0 Å². The van der Waals surface area contributed by atoms with Gasteiger partial charge in [-0.2, -0.15) is 0 Å². The first-order valence-corrected chi connectivity index (χ1v) is 7.84. The molecule has 1 saturated heterocycles. The highest BCUT2D eigenvalue weighted by molar-refractivity contribution is 5.90. The third kappa shape index (κ3) is 2.87. The largest absolute Gasteiger partial charge is 0.464 e. The number of amides is 1. The van der Waals surface area contributed by atoms with Crippen LogP contribution in [0.5, 0.6) is 0 Å². The second-order valence-corrected chi connectivity index (χ2v) is 6.53. The van der Waals surface area contributed by atoms with Crippen molar-refractivity contribution in [2.24, 2.45) is 5.92 Å². The van der Waals surface area contributed by atoms with E-state index >= 15 is 0 Å². The first-order chi connectivity index (χ1) is 10.3. The lowest BCUT2D eigenvalue weighted by Crippen LogP contribution is -2.52. The van der Waals surface area contributed by atoms with Gasteiger partial charge in [-0.3, -0.25) is 4.79 Å². The molecular weight excluding hydrogens is 278 g/mol. The minimum absolute atomic E-state index is 0.0172. The van der Waals surface area contributed by atoms with E-state index in [1.807, 2.05) is 13.8 Å². The topological polar surface area (TPSA) is 46.6 Å². The minimum atomic E-state index is -0.930. The Morgan fingerprint density at radius 3 is 2.45 bits per heavy atom. The summed E-state index contributed by atoms with van der Waals surface area (Å²) >= 11 is 0. The number of likely N-dealkylation sites (tertiary alicyclic amines) is 1. The maximum absolute atomic E-state index is 12.6. The first kappa shape index (κ1) is 16.5. The zero-order chi connectivity index (χ0) is 16.5. The highest BCUT2D eigenvalue weighted by Crippen LogP contribution is 2.37. The molecule has 1 amide bonds. The Kier molecular flexibility index (Phi) is 4.59. The van der Waals surface area contributed by atoms with E-state index < -0.39 is 5.54 Å². The van der Waals surface area contributed by atoms with E-state index in [1.54, 1.807) is 25.7 Å². The molecule has 0 aliphatic carbocycles. The molecule has 2 atom stereocenters. The molecule has 0 aromatic heterocycles. The maximum Gasteiger partial charge on any atom is 0.331 e. The average molecular weight is 303 g/mol. The van der Waals surface area contributed by atoms with E-state index in [1.165, 1.54) is 5.56 Å². The number of hydrogen-bond donors (Lipinski definition) is 0. The van der Waals surface area contributed by atoms with Crippen molar-refractivity contribution in [2.75, 3.05) is 13.2 Å². The predicted octanol–water partition coefficient (Wildman–Crippen LogP) is 2.90. The molecule has 1 fully saturated rings. The third-order valence-corrected chi connectivity index (χ3v) is 4.59. The molecule has 0 unspecified atom stereocenters. The Bertz CT molecular complexity index is 562. The summed E-state index contributed by atoms with van der Waals surface area (Å²) in [5.74, 6) is -0.345. The molecule has 0 spiro atoms. The highest BCUT2D eigenvalue weighted by Gasteiger charge is 2.48. The van der Waals surface area contributed by atoms with Gasteiger partial charge in [-0.15, -0.1) is 0 Å². The third-order valence-electron chi connectivity index (χ3n) is 4.59. The molecular formula is C18H25NO3. The van der Waals surface area contributed by atoms with Crippen LogP contribution in [0.4, 0.5) is 0 Å². The molecule has 0 saturated carbocycles. The summed E-state index contributed by atoms with van der Waals surface area (Å²) in [6.45, 7) is 10.1. The molecule has 1 aliphatic heterocycles. The molecule has 2 rings (SSSR count). The van der Waals surface area contributed by atoms with E-state index in [-0.39, 0.29) is 23.7 Å². The number of esters is 1. The predicted molar refractivity (Wildman–Crippen MR) is 85.5 cm³/mol. The number of ether oxygens (including phenoxy) is 1. The summed E-state index contributed by atoms with van der Waals surface area (Å²) in [4.78, 5) is 26.5. The van der Waals surface area contributed by atoms with Crippen LogP contribution in [-0.4, -0.2) is 35.5 Å². The lowest BCUT2D eigenvalue weighted by molar-refractivity contribution is -0.160. The van der Waals surface area contributed by atoms with Crippen LogP contribution in [0.3, 0.4) is 0 Å². The molecule has 0 radical (unpaired) electrons. The average Bonchev–Trinajstić information content (AvgIpc) is 2.77. The van der Waals surface area contributed by atoms with Crippen LogP contribution in [0.15, 0.2) is 24.3 Å². The zero-order valence-electron chi connectivity index (χ0n) is 14.1. The number of aryl methyl sites for hydroxylation is 1. The van der Waals surface area contributed by atoms with E-state index in [0.29, 0.717) is 13.2 Å². The second-order valence-electron chi connectivity index (χ2n) is 6.53. The molecule has 0 N–H and O–H groups in total. The normalized spacial score (nSPS) is 22.0. The monoisotopic (exact) mass is 303 g/mol. The summed E-state index contributed by atoms with van der Waals surface area (Å²) in [5.41, 5.74) is 1.42. The lowest BCUT2D eigenvalue weighted by atomic mass is 9.89. The van der Waals surface area contributed by atoms with Crippen molar-refractivity contribution in [3.8, 4) is 0 Å². The SMILES string of the molecule is CCOC(=O)C(C)(C)N1C[C@@H](c2ccc(C)cc2)[C@H](C)C1=O. The quantitative estimate of drug-likeness (QED) is 0.804. The Morgan fingerprint density at radius 2 is 1.91 bits per heavy atom. The molecule has 4 nitrogen and oxygen atoms in total. The molecule has 1 aromatic carbocycles. The lowest BCUT2D eigenvalue weighted by Gasteiger charge is -2.33. The van der Waals surface area contributed by atoms with Crippen molar-refractivity contribution in [3.63, 3.8) is 0 Å². The zero-order valence-corrected chi connectivity index (χ0v) is 14.1. The number of carbonyl (C=O) groups excluding carboxylic acids is 2. The van der Waals surface area contributed by atoms with Crippen LogP contribution in [0.2, 0.25) is 0 Å². The number of nitrogens with zero attached hydrogens (tertiary/aromatic N) is 1. The van der Waals surface area contributed by atoms with Crippen LogP contribution < -0.4 is 0 Å².